The second kappa shape index (κ2) is 8.43. The fraction of sp³-hybridized carbons (Fsp3) is 0.381. The Morgan fingerprint density at radius 2 is 1.65 bits per heavy atom. The summed E-state index contributed by atoms with van der Waals surface area (Å²) >= 11 is 0. The van der Waals surface area contributed by atoms with Crippen molar-refractivity contribution in [2.24, 2.45) is 5.73 Å². The van der Waals surface area contributed by atoms with E-state index in [4.69, 9.17) is 5.73 Å². The first kappa shape index (κ1) is 18.5. The van der Waals surface area contributed by atoms with E-state index in [0.29, 0.717) is 18.7 Å². The van der Waals surface area contributed by atoms with E-state index in [-0.39, 0.29) is 12.2 Å². The number of carbonyl (C=O) groups excluding carboxylic acids is 1. The monoisotopic (exact) mass is 355 g/mol. The van der Waals surface area contributed by atoms with E-state index >= 15 is 0 Å². The molecule has 0 radical (unpaired) electrons. The summed E-state index contributed by atoms with van der Waals surface area (Å²) in [4.78, 5) is 16.4. The fourth-order valence-electron chi connectivity index (χ4n) is 3.30. The van der Waals surface area contributed by atoms with Crippen LogP contribution >= 0.6 is 0 Å². The summed E-state index contributed by atoms with van der Waals surface area (Å²) in [5.41, 5.74) is 8.90. The van der Waals surface area contributed by atoms with Crippen LogP contribution in [0.15, 0.2) is 54.6 Å². The Morgan fingerprint density at radius 3 is 2.27 bits per heavy atom. The third kappa shape index (κ3) is 4.48. The SMILES string of the molecule is Cc1ccc(N2CCN(C(F)CC(N)C(=O)c3ccccc3)CC2)cc1. The lowest BCUT2D eigenvalue weighted by atomic mass is 10.0. The van der Waals surface area contributed by atoms with Gasteiger partial charge in [-0.05, 0) is 19.1 Å². The van der Waals surface area contributed by atoms with Crippen molar-refractivity contribution in [3.8, 4) is 0 Å². The Balaban J connectivity index is 1.51. The number of ketones is 1. The Hall–Kier alpha value is -2.24. The highest BCUT2D eigenvalue weighted by atomic mass is 19.1. The summed E-state index contributed by atoms with van der Waals surface area (Å²) in [6.07, 6.45) is -1.17. The Bertz CT molecular complexity index is 712. The highest BCUT2D eigenvalue weighted by Crippen LogP contribution is 2.20. The second-order valence-corrected chi connectivity index (χ2v) is 6.87. The lowest BCUT2D eigenvalue weighted by Crippen LogP contribution is -2.51. The van der Waals surface area contributed by atoms with Crippen LogP contribution in [0.3, 0.4) is 0 Å². The molecule has 1 heterocycles. The van der Waals surface area contributed by atoms with Gasteiger partial charge in [-0.25, -0.2) is 4.39 Å². The maximum Gasteiger partial charge on any atom is 0.179 e. The number of benzene rings is 2. The molecular formula is C21H26FN3O. The molecule has 2 aromatic carbocycles. The normalized spacial score (nSPS) is 17.7. The molecular weight excluding hydrogens is 329 g/mol. The van der Waals surface area contributed by atoms with Crippen molar-refractivity contribution in [1.82, 2.24) is 4.90 Å². The largest absolute Gasteiger partial charge is 0.369 e. The molecule has 0 saturated carbocycles. The Labute approximate surface area is 154 Å². The maximum atomic E-state index is 14.7. The summed E-state index contributed by atoms with van der Waals surface area (Å²) in [6.45, 7) is 4.86. The molecule has 138 valence electrons. The number of Topliss-reactive ketones (excluding diaryl/α,β-unsaturated/α-hetero) is 1. The fourth-order valence-corrected chi connectivity index (χ4v) is 3.30. The lowest BCUT2D eigenvalue weighted by molar-refractivity contribution is 0.0592. The van der Waals surface area contributed by atoms with Crippen molar-refractivity contribution >= 4 is 11.5 Å². The van der Waals surface area contributed by atoms with Crippen LogP contribution in [0.5, 0.6) is 0 Å². The minimum Gasteiger partial charge on any atom is -0.369 e. The van der Waals surface area contributed by atoms with Gasteiger partial charge >= 0.3 is 0 Å². The molecule has 2 unspecified atom stereocenters. The quantitative estimate of drug-likeness (QED) is 0.639. The highest BCUT2D eigenvalue weighted by molar-refractivity contribution is 5.99. The van der Waals surface area contributed by atoms with Gasteiger partial charge in [-0.2, -0.15) is 0 Å². The number of hydrogen-bond donors (Lipinski definition) is 1. The number of alkyl halides is 1. The van der Waals surface area contributed by atoms with Crippen molar-refractivity contribution in [1.29, 1.82) is 0 Å². The molecule has 0 aliphatic carbocycles. The van der Waals surface area contributed by atoms with Crippen LogP contribution in [-0.2, 0) is 0 Å². The van der Waals surface area contributed by atoms with Gasteiger partial charge in [-0.1, -0.05) is 48.0 Å². The zero-order valence-corrected chi connectivity index (χ0v) is 15.1. The second-order valence-electron chi connectivity index (χ2n) is 6.87. The molecule has 1 fully saturated rings. The van der Waals surface area contributed by atoms with Crippen LogP contribution in [0.4, 0.5) is 10.1 Å². The highest BCUT2D eigenvalue weighted by Gasteiger charge is 2.27. The number of nitrogens with two attached hydrogens (primary N) is 1. The van der Waals surface area contributed by atoms with Crippen LogP contribution in [-0.4, -0.2) is 49.2 Å². The molecule has 1 aliphatic rings. The minimum atomic E-state index is -1.20. The van der Waals surface area contributed by atoms with E-state index in [1.54, 1.807) is 29.2 Å². The molecule has 0 amide bonds. The third-order valence-corrected chi connectivity index (χ3v) is 4.95. The van der Waals surface area contributed by atoms with Crippen molar-refractivity contribution in [3.05, 3.63) is 65.7 Å². The predicted octanol–water partition coefficient (Wildman–Crippen LogP) is 3.01. The number of piperazine rings is 1. The number of hydrogen-bond acceptors (Lipinski definition) is 4. The van der Waals surface area contributed by atoms with Crippen molar-refractivity contribution in [3.63, 3.8) is 0 Å². The van der Waals surface area contributed by atoms with E-state index in [2.05, 4.69) is 36.1 Å². The summed E-state index contributed by atoms with van der Waals surface area (Å²) in [7, 11) is 0. The summed E-state index contributed by atoms with van der Waals surface area (Å²) in [5, 5.41) is 0. The van der Waals surface area contributed by atoms with Gasteiger partial charge in [0, 0.05) is 43.9 Å². The predicted molar refractivity (Wildman–Crippen MR) is 103 cm³/mol. The number of halogens is 1. The average molecular weight is 355 g/mol. The van der Waals surface area contributed by atoms with E-state index in [1.807, 2.05) is 6.07 Å². The number of carbonyl (C=O) groups is 1. The van der Waals surface area contributed by atoms with Crippen molar-refractivity contribution in [2.75, 3.05) is 31.1 Å². The molecule has 0 spiro atoms. The van der Waals surface area contributed by atoms with Crippen LogP contribution in [0.2, 0.25) is 0 Å². The van der Waals surface area contributed by atoms with Crippen molar-refractivity contribution < 1.29 is 9.18 Å². The molecule has 0 aromatic heterocycles. The first-order chi connectivity index (χ1) is 12.5. The minimum absolute atomic E-state index is 0.0261. The molecule has 5 heteroatoms. The summed E-state index contributed by atoms with van der Waals surface area (Å²) in [5.74, 6) is -0.202. The zero-order chi connectivity index (χ0) is 18.5. The van der Waals surface area contributed by atoms with Gasteiger partial charge in [0.25, 0.3) is 0 Å². The molecule has 4 nitrogen and oxygen atoms in total. The zero-order valence-electron chi connectivity index (χ0n) is 15.1. The van der Waals surface area contributed by atoms with E-state index in [0.717, 1.165) is 13.1 Å². The molecule has 26 heavy (non-hydrogen) atoms. The maximum absolute atomic E-state index is 14.7. The summed E-state index contributed by atoms with van der Waals surface area (Å²) < 4.78 is 14.7. The molecule has 1 aliphatic heterocycles. The van der Waals surface area contributed by atoms with Crippen molar-refractivity contribution in [2.45, 2.75) is 25.7 Å². The number of nitrogens with zero attached hydrogens (tertiary/aromatic N) is 2. The lowest BCUT2D eigenvalue weighted by Gasteiger charge is -2.38. The van der Waals surface area contributed by atoms with Gasteiger partial charge in [0.15, 0.2) is 12.1 Å². The molecule has 1 saturated heterocycles. The summed E-state index contributed by atoms with van der Waals surface area (Å²) in [6, 6.07) is 16.4. The Morgan fingerprint density at radius 1 is 1.04 bits per heavy atom. The molecule has 2 aromatic rings. The molecule has 3 rings (SSSR count). The van der Waals surface area contributed by atoms with Gasteiger partial charge in [-0.3, -0.25) is 9.69 Å². The topological polar surface area (TPSA) is 49.6 Å². The van der Waals surface area contributed by atoms with Crippen LogP contribution in [0, 0.1) is 6.92 Å². The smallest absolute Gasteiger partial charge is 0.179 e. The van der Waals surface area contributed by atoms with Crippen LogP contribution in [0.1, 0.15) is 22.3 Å². The van der Waals surface area contributed by atoms with Gasteiger partial charge < -0.3 is 10.6 Å². The molecule has 2 N–H and O–H groups in total. The van der Waals surface area contributed by atoms with Gasteiger partial charge in [0.1, 0.15) is 0 Å². The van der Waals surface area contributed by atoms with Gasteiger partial charge in [-0.15, -0.1) is 0 Å². The number of rotatable bonds is 6. The van der Waals surface area contributed by atoms with Crippen LogP contribution in [0.25, 0.3) is 0 Å². The first-order valence-corrected chi connectivity index (χ1v) is 9.09. The Kier molecular flexibility index (Phi) is 6.01. The molecule has 2 atom stereocenters. The third-order valence-electron chi connectivity index (χ3n) is 4.95. The molecule has 0 bridgehead atoms. The van der Waals surface area contributed by atoms with Crippen LogP contribution < -0.4 is 10.6 Å². The number of aryl methyl sites for hydroxylation is 1. The average Bonchev–Trinajstić information content (AvgIpc) is 2.68. The van der Waals surface area contributed by atoms with E-state index in [9.17, 15) is 9.18 Å². The van der Waals surface area contributed by atoms with E-state index in [1.165, 1.54) is 11.3 Å². The van der Waals surface area contributed by atoms with Gasteiger partial charge in [0.05, 0.1) is 6.04 Å². The van der Waals surface area contributed by atoms with E-state index < -0.39 is 12.3 Å². The van der Waals surface area contributed by atoms with Gasteiger partial charge in [0.2, 0.25) is 0 Å². The number of anilines is 1. The standard InChI is InChI=1S/C21H26FN3O/c1-16-7-9-18(10-8-16)24-11-13-25(14-12-24)20(22)15-19(23)21(26)17-5-3-2-4-6-17/h2-10,19-20H,11-15,23H2,1H3. The first-order valence-electron chi connectivity index (χ1n) is 9.09.